The Morgan fingerprint density at radius 2 is 2.00 bits per heavy atom. The summed E-state index contributed by atoms with van der Waals surface area (Å²) in [6, 6.07) is 0. The van der Waals surface area contributed by atoms with Crippen molar-refractivity contribution >= 4 is 10.0 Å². The van der Waals surface area contributed by atoms with Crippen LogP contribution in [-0.4, -0.2) is 44.0 Å². The monoisotopic (exact) mass is 228 g/mol. The average Bonchev–Trinajstić information content (AvgIpc) is 2.84. The summed E-state index contributed by atoms with van der Waals surface area (Å²) in [5.41, 5.74) is 5.17. The molecular formula is C7H14F2N2O2S. The van der Waals surface area contributed by atoms with Crippen molar-refractivity contribution in [1.29, 1.82) is 0 Å². The van der Waals surface area contributed by atoms with E-state index in [0.29, 0.717) is 12.8 Å². The summed E-state index contributed by atoms with van der Waals surface area (Å²) in [4.78, 5) is 0. The fraction of sp³-hybridized carbons (Fsp3) is 1.00. The molecule has 0 unspecified atom stereocenters. The van der Waals surface area contributed by atoms with Crippen LogP contribution in [0, 0.1) is 0 Å². The number of nitrogens with two attached hydrogens (primary N) is 1. The summed E-state index contributed by atoms with van der Waals surface area (Å²) in [5.74, 6) is 0. The first-order valence-electron chi connectivity index (χ1n) is 4.45. The Balaban J connectivity index is 2.65. The summed E-state index contributed by atoms with van der Waals surface area (Å²) in [6.07, 6.45) is -1.49. The highest BCUT2D eigenvalue weighted by Gasteiger charge is 2.40. The fourth-order valence-corrected chi connectivity index (χ4v) is 3.03. The molecule has 0 aromatic heterocycles. The molecule has 0 amide bonds. The van der Waals surface area contributed by atoms with Crippen molar-refractivity contribution in [3.8, 4) is 0 Å². The van der Waals surface area contributed by atoms with Crippen LogP contribution in [0.5, 0.6) is 0 Å². The lowest BCUT2D eigenvalue weighted by atomic mass is 10.6. The molecule has 84 valence electrons. The van der Waals surface area contributed by atoms with E-state index in [1.54, 1.807) is 0 Å². The summed E-state index contributed by atoms with van der Waals surface area (Å²) >= 11 is 0. The van der Waals surface area contributed by atoms with Gasteiger partial charge in [-0.1, -0.05) is 0 Å². The second-order valence-corrected chi connectivity index (χ2v) is 5.50. The molecule has 1 aliphatic carbocycles. The number of hydrogen-bond donors (Lipinski definition) is 1. The zero-order valence-electron chi connectivity index (χ0n) is 7.70. The Bertz CT molecular complexity index is 277. The molecule has 1 saturated carbocycles. The number of hydrogen-bond acceptors (Lipinski definition) is 3. The van der Waals surface area contributed by atoms with E-state index >= 15 is 0 Å². The topological polar surface area (TPSA) is 63.4 Å². The van der Waals surface area contributed by atoms with Gasteiger partial charge >= 0.3 is 0 Å². The molecule has 4 nitrogen and oxygen atoms in total. The van der Waals surface area contributed by atoms with E-state index in [1.807, 2.05) is 0 Å². The highest BCUT2D eigenvalue weighted by atomic mass is 32.2. The summed E-state index contributed by atoms with van der Waals surface area (Å²) in [7, 11) is -3.51. The van der Waals surface area contributed by atoms with Gasteiger partial charge < -0.3 is 5.73 Å². The van der Waals surface area contributed by atoms with Crippen molar-refractivity contribution in [2.45, 2.75) is 24.5 Å². The third-order valence-electron chi connectivity index (χ3n) is 2.03. The van der Waals surface area contributed by atoms with E-state index in [2.05, 4.69) is 0 Å². The van der Waals surface area contributed by atoms with Gasteiger partial charge in [0.2, 0.25) is 10.0 Å². The van der Waals surface area contributed by atoms with Crippen LogP contribution in [0.4, 0.5) is 8.78 Å². The van der Waals surface area contributed by atoms with Crippen LogP contribution in [0.3, 0.4) is 0 Å². The van der Waals surface area contributed by atoms with Crippen LogP contribution < -0.4 is 5.73 Å². The Kier molecular flexibility index (Phi) is 3.79. The fourth-order valence-electron chi connectivity index (χ4n) is 1.20. The van der Waals surface area contributed by atoms with Crippen molar-refractivity contribution in [3.63, 3.8) is 0 Å². The largest absolute Gasteiger partial charge is 0.329 e. The highest BCUT2D eigenvalue weighted by Crippen LogP contribution is 2.31. The molecule has 0 spiro atoms. The van der Waals surface area contributed by atoms with Crippen molar-refractivity contribution < 1.29 is 17.2 Å². The van der Waals surface area contributed by atoms with E-state index in [9.17, 15) is 17.2 Å². The molecular weight excluding hydrogens is 214 g/mol. The first-order valence-corrected chi connectivity index (χ1v) is 5.96. The molecule has 0 heterocycles. The van der Waals surface area contributed by atoms with Crippen molar-refractivity contribution in [2.75, 3.05) is 19.6 Å². The lowest BCUT2D eigenvalue weighted by Gasteiger charge is -2.20. The molecule has 0 aromatic carbocycles. The van der Waals surface area contributed by atoms with Crippen LogP contribution in [0.1, 0.15) is 12.8 Å². The molecule has 1 rings (SSSR count). The van der Waals surface area contributed by atoms with Crippen molar-refractivity contribution in [1.82, 2.24) is 4.31 Å². The van der Waals surface area contributed by atoms with Gasteiger partial charge in [0.25, 0.3) is 6.43 Å². The highest BCUT2D eigenvalue weighted by molar-refractivity contribution is 7.90. The zero-order valence-corrected chi connectivity index (χ0v) is 8.51. The molecule has 0 bridgehead atoms. The molecule has 2 N–H and O–H groups in total. The summed E-state index contributed by atoms with van der Waals surface area (Å²) in [6.45, 7) is -0.697. The third kappa shape index (κ3) is 2.86. The van der Waals surface area contributed by atoms with E-state index in [-0.39, 0.29) is 13.1 Å². The van der Waals surface area contributed by atoms with Gasteiger partial charge in [0.15, 0.2) is 0 Å². The minimum atomic E-state index is -3.51. The van der Waals surface area contributed by atoms with Crippen LogP contribution in [0.25, 0.3) is 0 Å². The summed E-state index contributed by atoms with van der Waals surface area (Å²) in [5, 5.41) is -0.451. The number of halogens is 2. The van der Waals surface area contributed by atoms with Crippen LogP contribution in [0.2, 0.25) is 0 Å². The van der Waals surface area contributed by atoms with Gasteiger partial charge in [0.05, 0.1) is 11.8 Å². The first-order chi connectivity index (χ1) is 6.48. The van der Waals surface area contributed by atoms with Crippen molar-refractivity contribution in [2.24, 2.45) is 5.73 Å². The van der Waals surface area contributed by atoms with Gasteiger partial charge in [-0.15, -0.1) is 0 Å². The second-order valence-electron chi connectivity index (χ2n) is 3.28. The van der Waals surface area contributed by atoms with Gasteiger partial charge in [0.1, 0.15) is 0 Å². The average molecular weight is 228 g/mol. The minimum absolute atomic E-state index is 0.0246. The Hall–Kier alpha value is -0.270. The SMILES string of the molecule is NCCN(CC(F)F)S(=O)(=O)C1CC1. The normalized spacial score (nSPS) is 18.1. The Morgan fingerprint density at radius 1 is 1.43 bits per heavy atom. The molecule has 0 aromatic rings. The van der Waals surface area contributed by atoms with Crippen LogP contribution >= 0.6 is 0 Å². The molecule has 1 aliphatic rings. The number of alkyl halides is 2. The Labute approximate surface area is 82.1 Å². The maximum absolute atomic E-state index is 12.1. The second kappa shape index (κ2) is 4.50. The number of sulfonamides is 1. The van der Waals surface area contributed by atoms with Gasteiger partial charge in [-0.3, -0.25) is 0 Å². The molecule has 14 heavy (non-hydrogen) atoms. The van der Waals surface area contributed by atoms with E-state index in [4.69, 9.17) is 5.73 Å². The molecule has 1 fully saturated rings. The van der Waals surface area contributed by atoms with E-state index < -0.39 is 28.2 Å². The molecule has 0 radical (unpaired) electrons. The predicted molar refractivity (Wildman–Crippen MR) is 48.6 cm³/mol. The molecule has 0 aliphatic heterocycles. The predicted octanol–water partition coefficient (Wildman–Crippen LogP) is 0.00440. The minimum Gasteiger partial charge on any atom is -0.329 e. The van der Waals surface area contributed by atoms with E-state index in [0.717, 1.165) is 4.31 Å². The van der Waals surface area contributed by atoms with E-state index in [1.165, 1.54) is 0 Å². The van der Waals surface area contributed by atoms with Gasteiger partial charge in [-0.2, -0.15) is 4.31 Å². The standard InChI is InChI=1S/C7H14F2N2O2S/c8-7(9)5-11(4-3-10)14(12,13)6-1-2-6/h6-7H,1-5,10H2. The third-order valence-corrected chi connectivity index (χ3v) is 4.39. The van der Waals surface area contributed by atoms with Gasteiger partial charge in [-0.05, 0) is 12.8 Å². The maximum Gasteiger partial charge on any atom is 0.252 e. The number of nitrogens with zero attached hydrogens (tertiary/aromatic N) is 1. The zero-order chi connectivity index (χ0) is 10.8. The molecule has 0 atom stereocenters. The summed E-state index contributed by atoms with van der Waals surface area (Å²) < 4.78 is 48.1. The quantitative estimate of drug-likeness (QED) is 0.696. The lowest BCUT2D eigenvalue weighted by Crippen LogP contribution is -2.40. The van der Waals surface area contributed by atoms with Crippen LogP contribution in [0.15, 0.2) is 0 Å². The van der Waals surface area contributed by atoms with Crippen LogP contribution in [-0.2, 0) is 10.0 Å². The maximum atomic E-state index is 12.1. The first kappa shape index (κ1) is 11.8. The lowest BCUT2D eigenvalue weighted by molar-refractivity contribution is 0.120. The smallest absolute Gasteiger partial charge is 0.252 e. The number of rotatable bonds is 6. The van der Waals surface area contributed by atoms with Crippen molar-refractivity contribution in [3.05, 3.63) is 0 Å². The molecule has 0 saturated heterocycles. The molecule has 7 heteroatoms. The van der Waals surface area contributed by atoms with Gasteiger partial charge in [-0.25, -0.2) is 17.2 Å². The van der Waals surface area contributed by atoms with Gasteiger partial charge in [0, 0.05) is 13.1 Å². The Morgan fingerprint density at radius 3 is 2.36 bits per heavy atom.